The van der Waals surface area contributed by atoms with E-state index in [9.17, 15) is 0 Å². The summed E-state index contributed by atoms with van der Waals surface area (Å²) in [6.07, 6.45) is 3.69. The Hall–Kier alpha value is -1.53. The van der Waals surface area contributed by atoms with E-state index in [1.54, 1.807) is 6.20 Å². The third-order valence-electron chi connectivity index (χ3n) is 2.06. The van der Waals surface area contributed by atoms with Crippen LogP contribution in [-0.2, 0) is 6.42 Å². The van der Waals surface area contributed by atoms with Crippen molar-refractivity contribution >= 4 is 17.2 Å². The lowest BCUT2D eigenvalue weighted by molar-refractivity contribution is 0.875. The fourth-order valence-electron chi connectivity index (χ4n) is 1.39. The highest BCUT2D eigenvalue weighted by Gasteiger charge is 2.07. The average Bonchev–Trinajstić information content (AvgIpc) is 2.82. The second-order valence-corrected chi connectivity index (χ2v) is 4.19. The van der Waals surface area contributed by atoms with Crippen LogP contribution in [0.5, 0.6) is 0 Å². The van der Waals surface area contributed by atoms with Gasteiger partial charge in [0.2, 0.25) is 0 Å². The maximum atomic E-state index is 5.38. The molecule has 0 spiro atoms. The van der Waals surface area contributed by atoms with E-state index in [0.717, 1.165) is 23.5 Å². The van der Waals surface area contributed by atoms with Gasteiger partial charge in [-0.1, -0.05) is 13.3 Å². The summed E-state index contributed by atoms with van der Waals surface area (Å²) in [5.41, 5.74) is 3.54. The van der Waals surface area contributed by atoms with Crippen LogP contribution in [0.1, 0.15) is 19.0 Å². The van der Waals surface area contributed by atoms with Crippen molar-refractivity contribution in [2.24, 2.45) is 5.84 Å². The minimum Gasteiger partial charge on any atom is -0.308 e. The molecule has 5 nitrogen and oxygen atoms in total. The molecule has 0 aliphatic rings. The molecule has 2 aromatic heterocycles. The van der Waals surface area contributed by atoms with E-state index in [4.69, 9.17) is 5.84 Å². The Kier molecular flexibility index (Phi) is 3.43. The SMILES string of the molecule is CCCc1cc(NN)nc(-c2nccs2)n1. The zero-order valence-electron chi connectivity index (χ0n) is 8.97. The van der Waals surface area contributed by atoms with Crippen LogP contribution in [0.2, 0.25) is 0 Å². The van der Waals surface area contributed by atoms with E-state index in [-0.39, 0.29) is 0 Å². The molecule has 2 aromatic rings. The van der Waals surface area contributed by atoms with Crippen molar-refractivity contribution < 1.29 is 0 Å². The smallest absolute Gasteiger partial charge is 0.190 e. The Balaban J connectivity index is 2.41. The number of nitrogen functional groups attached to an aromatic ring is 1. The van der Waals surface area contributed by atoms with Crippen LogP contribution in [0.25, 0.3) is 10.8 Å². The lowest BCUT2D eigenvalue weighted by atomic mass is 10.2. The summed E-state index contributed by atoms with van der Waals surface area (Å²) in [5, 5.41) is 2.72. The largest absolute Gasteiger partial charge is 0.308 e. The summed E-state index contributed by atoms with van der Waals surface area (Å²) in [5.74, 6) is 6.64. The number of anilines is 1. The van der Waals surface area contributed by atoms with E-state index in [2.05, 4.69) is 27.3 Å². The molecule has 0 unspecified atom stereocenters. The van der Waals surface area contributed by atoms with Crippen LogP contribution in [0.3, 0.4) is 0 Å². The zero-order valence-corrected chi connectivity index (χ0v) is 9.79. The van der Waals surface area contributed by atoms with E-state index >= 15 is 0 Å². The van der Waals surface area contributed by atoms with Crippen LogP contribution in [0.4, 0.5) is 5.82 Å². The van der Waals surface area contributed by atoms with Crippen molar-refractivity contribution in [2.45, 2.75) is 19.8 Å². The standard InChI is InChI=1S/C10H13N5S/c1-2-3-7-6-8(15-11)14-9(13-7)10-12-4-5-16-10/h4-6H,2-3,11H2,1H3,(H,13,14,15). The molecule has 0 fully saturated rings. The number of thiazole rings is 1. The highest BCUT2D eigenvalue weighted by molar-refractivity contribution is 7.12. The highest BCUT2D eigenvalue weighted by atomic mass is 32.1. The Morgan fingerprint density at radius 3 is 2.94 bits per heavy atom. The number of aryl methyl sites for hydroxylation is 1. The van der Waals surface area contributed by atoms with Gasteiger partial charge >= 0.3 is 0 Å². The van der Waals surface area contributed by atoms with E-state index in [0.29, 0.717) is 11.6 Å². The Labute approximate surface area is 97.7 Å². The third kappa shape index (κ3) is 2.34. The zero-order chi connectivity index (χ0) is 11.4. The number of nitrogens with zero attached hydrogens (tertiary/aromatic N) is 3. The summed E-state index contributed by atoms with van der Waals surface area (Å²) in [6, 6.07) is 1.86. The van der Waals surface area contributed by atoms with Gasteiger partial charge in [-0.15, -0.1) is 11.3 Å². The Morgan fingerprint density at radius 1 is 1.44 bits per heavy atom. The molecule has 0 radical (unpaired) electrons. The van der Waals surface area contributed by atoms with Gasteiger partial charge in [0.15, 0.2) is 10.8 Å². The minimum absolute atomic E-state index is 0.628. The quantitative estimate of drug-likeness (QED) is 0.624. The molecule has 0 bridgehead atoms. The minimum atomic E-state index is 0.628. The number of rotatable bonds is 4. The maximum absolute atomic E-state index is 5.38. The molecule has 84 valence electrons. The number of hydrazine groups is 1. The van der Waals surface area contributed by atoms with Gasteiger partial charge in [-0.05, 0) is 6.42 Å². The molecule has 2 heterocycles. The second-order valence-electron chi connectivity index (χ2n) is 3.30. The first-order valence-electron chi connectivity index (χ1n) is 5.08. The summed E-state index contributed by atoms with van der Waals surface area (Å²) in [4.78, 5) is 12.9. The number of hydrogen-bond acceptors (Lipinski definition) is 6. The van der Waals surface area contributed by atoms with Crippen LogP contribution < -0.4 is 11.3 Å². The number of nitrogens with one attached hydrogen (secondary N) is 1. The molecule has 0 atom stereocenters. The summed E-state index contributed by atoms with van der Waals surface area (Å²) >= 11 is 1.52. The monoisotopic (exact) mass is 235 g/mol. The predicted molar refractivity (Wildman–Crippen MR) is 64.9 cm³/mol. The van der Waals surface area contributed by atoms with Crippen molar-refractivity contribution in [3.8, 4) is 10.8 Å². The van der Waals surface area contributed by atoms with Crippen molar-refractivity contribution in [3.05, 3.63) is 23.3 Å². The lowest BCUT2D eigenvalue weighted by Crippen LogP contribution is -2.10. The van der Waals surface area contributed by atoms with Crippen LogP contribution >= 0.6 is 11.3 Å². The predicted octanol–water partition coefficient (Wildman–Crippen LogP) is 1.84. The molecule has 2 rings (SSSR count). The summed E-state index contributed by atoms with van der Waals surface area (Å²) in [6.45, 7) is 2.11. The topological polar surface area (TPSA) is 76.7 Å². The number of nitrogens with two attached hydrogens (primary N) is 1. The van der Waals surface area contributed by atoms with Crippen molar-refractivity contribution in [3.63, 3.8) is 0 Å². The van der Waals surface area contributed by atoms with Gasteiger partial charge < -0.3 is 5.43 Å². The molecule has 0 aliphatic carbocycles. The summed E-state index contributed by atoms with van der Waals surface area (Å²) in [7, 11) is 0. The molecule has 0 amide bonds. The Bertz CT molecular complexity index is 454. The van der Waals surface area contributed by atoms with Gasteiger partial charge in [-0.3, -0.25) is 0 Å². The van der Waals surface area contributed by atoms with Gasteiger partial charge in [0.1, 0.15) is 5.82 Å². The second kappa shape index (κ2) is 5.00. The molecule has 0 saturated carbocycles. The van der Waals surface area contributed by atoms with Gasteiger partial charge in [0.05, 0.1) is 0 Å². The molecule has 0 saturated heterocycles. The Morgan fingerprint density at radius 2 is 2.31 bits per heavy atom. The first kappa shape index (κ1) is 11.0. The van der Waals surface area contributed by atoms with Crippen LogP contribution in [0.15, 0.2) is 17.6 Å². The van der Waals surface area contributed by atoms with E-state index in [1.165, 1.54) is 11.3 Å². The van der Waals surface area contributed by atoms with Gasteiger partial charge in [0.25, 0.3) is 0 Å². The first-order chi connectivity index (χ1) is 7.83. The maximum Gasteiger partial charge on any atom is 0.190 e. The molecule has 16 heavy (non-hydrogen) atoms. The van der Waals surface area contributed by atoms with Gasteiger partial charge in [-0.25, -0.2) is 20.8 Å². The fourth-order valence-corrected chi connectivity index (χ4v) is 1.95. The lowest BCUT2D eigenvalue weighted by Gasteiger charge is -2.05. The van der Waals surface area contributed by atoms with Crippen molar-refractivity contribution in [1.82, 2.24) is 15.0 Å². The van der Waals surface area contributed by atoms with Crippen molar-refractivity contribution in [2.75, 3.05) is 5.43 Å². The van der Waals surface area contributed by atoms with Crippen molar-refractivity contribution in [1.29, 1.82) is 0 Å². The molecule has 0 aromatic carbocycles. The van der Waals surface area contributed by atoms with E-state index < -0.39 is 0 Å². The molecule has 6 heteroatoms. The normalized spacial score (nSPS) is 10.4. The number of hydrogen-bond donors (Lipinski definition) is 2. The molecular weight excluding hydrogens is 222 g/mol. The molecule has 3 N–H and O–H groups in total. The number of aromatic nitrogens is 3. The van der Waals surface area contributed by atoms with Crippen LogP contribution in [0, 0.1) is 0 Å². The average molecular weight is 235 g/mol. The summed E-state index contributed by atoms with van der Waals surface area (Å²) < 4.78 is 0. The fraction of sp³-hybridized carbons (Fsp3) is 0.300. The van der Waals surface area contributed by atoms with E-state index in [1.807, 2.05) is 11.4 Å². The van der Waals surface area contributed by atoms with Crippen LogP contribution in [-0.4, -0.2) is 15.0 Å². The van der Waals surface area contributed by atoms with Gasteiger partial charge in [-0.2, -0.15) is 0 Å². The molecular formula is C10H13N5S. The first-order valence-corrected chi connectivity index (χ1v) is 5.96. The van der Waals surface area contributed by atoms with Gasteiger partial charge in [0, 0.05) is 23.3 Å². The molecule has 0 aliphatic heterocycles. The highest BCUT2D eigenvalue weighted by Crippen LogP contribution is 2.20. The third-order valence-corrected chi connectivity index (χ3v) is 2.83.